The number of rotatable bonds is 10. The van der Waals surface area contributed by atoms with Gasteiger partial charge in [-0.25, -0.2) is 4.79 Å². The Morgan fingerprint density at radius 3 is 1.67 bits per heavy atom. The Labute approximate surface area is 260 Å². The van der Waals surface area contributed by atoms with E-state index in [4.69, 9.17) is 4.74 Å². The molecule has 232 valence electrons. The molecule has 2 amide bonds. The minimum atomic E-state index is -2.08. The second-order valence-electron chi connectivity index (χ2n) is 14.3. The lowest BCUT2D eigenvalue weighted by Gasteiger charge is -2.36. The lowest BCUT2D eigenvalue weighted by molar-refractivity contribution is -0.126. The zero-order valence-corrected chi connectivity index (χ0v) is 28.7. The molecule has 43 heavy (non-hydrogen) atoms. The van der Waals surface area contributed by atoms with Gasteiger partial charge in [-0.05, 0) is 75.8 Å². The van der Waals surface area contributed by atoms with E-state index >= 15 is 0 Å². The number of aryl methyl sites for hydroxylation is 2. The number of hydrogen-bond donors (Lipinski definition) is 2. The van der Waals surface area contributed by atoms with Crippen LogP contribution in [0.4, 0.5) is 4.79 Å². The fourth-order valence-corrected chi connectivity index (χ4v) is 10.3. The second-order valence-corrected chi connectivity index (χ2v) is 17.9. The standard InChI is InChI=1S/C37H51N2O3P/c1-26(2)32(38-34(40)33(36(5,6)7)39-35(41)42-37(8,9)10)25-43(30-17-13-11-14-18-30,31-19-15-12-16-20-31)24-29-22-27(3)21-28(4)23-29/h11-23,26,32-33H,24-25H2,1-10H3,(H-,38,39,40,41)/p+1/t32-,33?/m1/s1. The number of hydrogen-bond acceptors (Lipinski definition) is 3. The summed E-state index contributed by atoms with van der Waals surface area (Å²) in [6, 6.07) is 27.6. The Morgan fingerprint density at radius 2 is 1.26 bits per heavy atom. The number of carbonyl (C=O) groups is 2. The van der Waals surface area contributed by atoms with Crippen LogP contribution in [-0.2, 0) is 15.7 Å². The smallest absolute Gasteiger partial charge is 0.408 e. The van der Waals surface area contributed by atoms with Gasteiger partial charge in [-0.2, -0.15) is 0 Å². The maximum Gasteiger partial charge on any atom is 0.408 e. The van der Waals surface area contributed by atoms with Gasteiger partial charge in [0.1, 0.15) is 11.6 Å². The highest BCUT2D eigenvalue weighted by molar-refractivity contribution is 7.88. The van der Waals surface area contributed by atoms with Gasteiger partial charge in [-0.15, -0.1) is 0 Å². The predicted molar refractivity (Wildman–Crippen MR) is 183 cm³/mol. The van der Waals surface area contributed by atoms with Crippen molar-refractivity contribution in [2.45, 2.75) is 93.1 Å². The summed E-state index contributed by atoms with van der Waals surface area (Å²) in [4.78, 5) is 26.8. The predicted octanol–water partition coefficient (Wildman–Crippen LogP) is 7.55. The van der Waals surface area contributed by atoms with E-state index in [1.165, 1.54) is 27.3 Å². The summed E-state index contributed by atoms with van der Waals surface area (Å²) in [7, 11) is -2.08. The molecule has 0 aliphatic heterocycles. The van der Waals surface area contributed by atoms with Gasteiger partial charge in [-0.3, -0.25) is 4.79 Å². The fraction of sp³-hybridized carbons (Fsp3) is 0.459. The van der Waals surface area contributed by atoms with Gasteiger partial charge < -0.3 is 15.4 Å². The lowest BCUT2D eigenvalue weighted by Crippen LogP contribution is -2.57. The number of ether oxygens (including phenoxy) is 1. The van der Waals surface area contributed by atoms with Gasteiger partial charge in [0.25, 0.3) is 0 Å². The number of benzene rings is 3. The first-order chi connectivity index (χ1) is 20.0. The van der Waals surface area contributed by atoms with E-state index in [2.05, 4.69) is 117 Å². The Kier molecular flexibility index (Phi) is 11.2. The molecule has 0 spiro atoms. The first-order valence-electron chi connectivity index (χ1n) is 15.4. The molecule has 3 aromatic carbocycles. The van der Waals surface area contributed by atoms with E-state index < -0.39 is 30.4 Å². The van der Waals surface area contributed by atoms with E-state index in [1.54, 1.807) is 0 Å². The Morgan fingerprint density at radius 1 is 0.767 bits per heavy atom. The number of nitrogens with one attached hydrogen (secondary N) is 2. The Hall–Kier alpha value is -3.17. The van der Waals surface area contributed by atoms with Crippen molar-refractivity contribution in [2.75, 3.05) is 6.16 Å². The first-order valence-corrected chi connectivity index (χ1v) is 17.5. The maximum atomic E-state index is 14.0. The van der Waals surface area contributed by atoms with Crippen LogP contribution in [0.1, 0.15) is 72.1 Å². The second kappa shape index (κ2) is 14.1. The average Bonchev–Trinajstić information content (AvgIpc) is 2.89. The van der Waals surface area contributed by atoms with Crippen molar-refractivity contribution in [1.29, 1.82) is 0 Å². The van der Waals surface area contributed by atoms with Crippen molar-refractivity contribution in [3.8, 4) is 0 Å². The largest absolute Gasteiger partial charge is 0.444 e. The van der Waals surface area contributed by atoms with Crippen LogP contribution in [0.5, 0.6) is 0 Å². The Balaban J connectivity index is 2.08. The molecule has 2 atom stereocenters. The van der Waals surface area contributed by atoms with Gasteiger partial charge in [0, 0.05) is 0 Å². The first kappa shape index (κ1) is 34.3. The third-order valence-corrected chi connectivity index (χ3v) is 12.2. The average molecular weight is 604 g/mol. The summed E-state index contributed by atoms with van der Waals surface area (Å²) in [6.45, 7) is 20.0. The van der Waals surface area contributed by atoms with Gasteiger partial charge in [0.2, 0.25) is 5.91 Å². The Bertz CT molecular complexity index is 1300. The van der Waals surface area contributed by atoms with E-state index in [1.807, 2.05) is 41.5 Å². The lowest BCUT2D eigenvalue weighted by atomic mass is 9.86. The minimum Gasteiger partial charge on any atom is -0.444 e. The molecule has 0 aliphatic carbocycles. The summed E-state index contributed by atoms with van der Waals surface area (Å²) in [6.07, 6.45) is 1.09. The minimum absolute atomic E-state index is 0.127. The van der Waals surface area contributed by atoms with Crippen LogP contribution in [0.3, 0.4) is 0 Å². The van der Waals surface area contributed by atoms with E-state index in [-0.39, 0.29) is 17.9 Å². The van der Waals surface area contributed by atoms with Crippen LogP contribution in [0.25, 0.3) is 0 Å². The highest BCUT2D eigenvalue weighted by Gasteiger charge is 2.46. The molecule has 0 aromatic heterocycles. The van der Waals surface area contributed by atoms with Crippen molar-refractivity contribution in [3.63, 3.8) is 0 Å². The van der Waals surface area contributed by atoms with Crippen molar-refractivity contribution in [3.05, 3.63) is 95.6 Å². The van der Waals surface area contributed by atoms with Crippen molar-refractivity contribution < 1.29 is 14.3 Å². The highest BCUT2D eigenvalue weighted by Crippen LogP contribution is 2.60. The molecule has 0 aliphatic rings. The molecule has 0 radical (unpaired) electrons. The molecule has 0 bridgehead atoms. The van der Waals surface area contributed by atoms with Crippen LogP contribution < -0.4 is 21.2 Å². The zero-order valence-electron chi connectivity index (χ0n) is 27.8. The van der Waals surface area contributed by atoms with Crippen LogP contribution >= 0.6 is 7.26 Å². The van der Waals surface area contributed by atoms with Crippen molar-refractivity contribution in [2.24, 2.45) is 11.3 Å². The monoisotopic (exact) mass is 603 g/mol. The van der Waals surface area contributed by atoms with Gasteiger partial charge in [0.05, 0.1) is 36.2 Å². The van der Waals surface area contributed by atoms with E-state index in [0.717, 1.165) is 12.3 Å². The number of carbonyl (C=O) groups excluding carboxylic acids is 2. The molecule has 3 aromatic rings. The van der Waals surface area contributed by atoms with Crippen LogP contribution in [0.15, 0.2) is 78.9 Å². The van der Waals surface area contributed by atoms with Gasteiger partial charge in [-0.1, -0.05) is 100 Å². The zero-order chi connectivity index (χ0) is 32.0. The van der Waals surface area contributed by atoms with Crippen molar-refractivity contribution in [1.82, 2.24) is 10.6 Å². The summed E-state index contributed by atoms with van der Waals surface area (Å²) >= 11 is 0. The molecular weight excluding hydrogens is 551 g/mol. The van der Waals surface area contributed by atoms with Crippen LogP contribution in [0.2, 0.25) is 0 Å². The molecule has 6 heteroatoms. The molecule has 1 unspecified atom stereocenters. The van der Waals surface area contributed by atoms with E-state index in [0.29, 0.717) is 0 Å². The SMILES string of the molecule is Cc1cc(C)cc(C[P+](C[C@@H](NC(=O)C(NC(=O)OC(C)(C)C)C(C)(C)C)C(C)C)(c2ccccc2)c2ccccc2)c1. The summed E-state index contributed by atoms with van der Waals surface area (Å²) in [5.74, 6) is -0.0279. The molecule has 0 fully saturated rings. The van der Waals surface area contributed by atoms with Crippen LogP contribution in [0, 0.1) is 25.2 Å². The summed E-state index contributed by atoms with van der Waals surface area (Å²) in [5.41, 5.74) is 2.64. The molecule has 3 rings (SSSR count). The third-order valence-electron chi connectivity index (χ3n) is 7.66. The number of amides is 2. The summed E-state index contributed by atoms with van der Waals surface area (Å²) in [5, 5.41) is 8.92. The van der Waals surface area contributed by atoms with E-state index in [9.17, 15) is 9.59 Å². The fourth-order valence-electron chi connectivity index (χ4n) is 5.63. The van der Waals surface area contributed by atoms with Crippen molar-refractivity contribution >= 4 is 29.9 Å². The molecule has 2 N–H and O–H groups in total. The number of alkyl carbamates (subject to hydrolysis) is 1. The maximum absolute atomic E-state index is 14.0. The molecule has 0 saturated heterocycles. The topological polar surface area (TPSA) is 67.4 Å². The highest BCUT2D eigenvalue weighted by atomic mass is 31.2. The molecule has 0 saturated carbocycles. The molecular formula is C37H52N2O3P+. The quantitative estimate of drug-likeness (QED) is 0.235. The third kappa shape index (κ3) is 9.66. The van der Waals surface area contributed by atoms with Crippen LogP contribution in [-0.4, -0.2) is 35.8 Å². The molecule has 0 heterocycles. The summed E-state index contributed by atoms with van der Waals surface area (Å²) < 4.78 is 5.52. The van der Waals surface area contributed by atoms with Gasteiger partial charge in [0.15, 0.2) is 0 Å². The molecule has 5 nitrogen and oxygen atoms in total. The normalized spacial score (nSPS) is 13.7. The van der Waals surface area contributed by atoms with Gasteiger partial charge >= 0.3 is 6.09 Å².